The number of carbonyl (C=O) groups excluding carboxylic acids is 1. The number of nitrogens with one attached hydrogen (secondary N) is 1. The maximum absolute atomic E-state index is 12.3. The van der Waals surface area contributed by atoms with E-state index in [1.807, 2.05) is 36.6 Å². The van der Waals surface area contributed by atoms with E-state index < -0.39 is 0 Å². The van der Waals surface area contributed by atoms with Crippen molar-refractivity contribution >= 4 is 34.5 Å². The van der Waals surface area contributed by atoms with Crippen LogP contribution in [0.15, 0.2) is 42.0 Å². The summed E-state index contributed by atoms with van der Waals surface area (Å²) in [5.74, 6) is 0.565. The first-order valence-corrected chi connectivity index (χ1v) is 9.10. The number of methoxy groups -OCH3 is 1. The quantitative estimate of drug-likeness (QED) is 0.650. The average Bonchev–Trinajstić information content (AvgIpc) is 3.26. The molecule has 0 saturated carbocycles. The van der Waals surface area contributed by atoms with Crippen molar-refractivity contribution in [1.82, 2.24) is 9.78 Å². The minimum Gasteiger partial charge on any atom is -0.489 e. The fourth-order valence-corrected chi connectivity index (χ4v) is 3.18. The lowest BCUT2D eigenvalue weighted by molar-refractivity contribution is 0.103. The van der Waals surface area contributed by atoms with E-state index >= 15 is 0 Å². The molecule has 1 aromatic carbocycles. The molecule has 8 heteroatoms. The zero-order chi connectivity index (χ0) is 18.5. The van der Waals surface area contributed by atoms with Crippen molar-refractivity contribution in [1.29, 1.82) is 0 Å². The van der Waals surface area contributed by atoms with Crippen LogP contribution < -0.4 is 10.1 Å². The first-order valence-electron chi connectivity index (χ1n) is 7.84. The van der Waals surface area contributed by atoms with Gasteiger partial charge in [-0.1, -0.05) is 11.6 Å². The Labute approximate surface area is 160 Å². The Morgan fingerprint density at radius 3 is 3.00 bits per heavy atom. The summed E-state index contributed by atoms with van der Waals surface area (Å²) in [5, 5.41) is 9.52. The Morgan fingerprint density at radius 1 is 1.38 bits per heavy atom. The molecule has 0 spiro atoms. The van der Waals surface area contributed by atoms with E-state index in [0.717, 1.165) is 16.9 Å². The molecular formula is C18H18ClN3O3S. The molecule has 0 atom stereocenters. The van der Waals surface area contributed by atoms with E-state index in [-0.39, 0.29) is 5.91 Å². The SMILES string of the molecule is COCn1cc(NC(=O)c2cc(COc3ccc(Cl)c(C)c3)cs2)cn1. The highest BCUT2D eigenvalue weighted by Gasteiger charge is 2.11. The second-order valence-corrected chi connectivity index (χ2v) is 6.98. The van der Waals surface area contributed by atoms with Gasteiger partial charge in [0.2, 0.25) is 0 Å². The van der Waals surface area contributed by atoms with Crippen LogP contribution in [0.2, 0.25) is 5.02 Å². The Balaban J connectivity index is 1.57. The number of benzene rings is 1. The van der Waals surface area contributed by atoms with Crippen molar-refractivity contribution in [2.24, 2.45) is 0 Å². The summed E-state index contributed by atoms with van der Waals surface area (Å²) in [5.41, 5.74) is 2.52. The number of ether oxygens (including phenoxy) is 2. The van der Waals surface area contributed by atoms with Crippen LogP contribution in [0, 0.1) is 6.92 Å². The van der Waals surface area contributed by atoms with Crippen LogP contribution in [0.5, 0.6) is 5.75 Å². The number of carbonyl (C=O) groups is 1. The van der Waals surface area contributed by atoms with E-state index in [2.05, 4.69) is 10.4 Å². The topological polar surface area (TPSA) is 65.4 Å². The Hall–Kier alpha value is -2.35. The van der Waals surface area contributed by atoms with Gasteiger partial charge in [0.15, 0.2) is 0 Å². The summed E-state index contributed by atoms with van der Waals surface area (Å²) >= 11 is 7.38. The number of anilines is 1. The van der Waals surface area contributed by atoms with Gasteiger partial charge in [0, 0.05) is 17.7 Å². The fourth-order valence-electron chi connectivity index (χ4n) is 2.27. The third-order valence-corrected chi connectivity index (χ3v) is 4.97. The largest absolute Gasteiger partial charge is 0.489 e. The van der Waals surface area contributed by atoms with E-state index in [9.17, 15) is 4.79 Å². The third kappa shape index (κ3) is 4.63. The van der Waals surface area contributed by atoms with Crippen LogP contribution in [0.3, 0.4) is 0 Å². The number of hydrogen-bond donors (Lipinski definition) is 1. The number of aromatic nitrogens is 2. The molecule has 0 unspecified atom stereocenters. The van der Waals surface area contributed by atoms with Gasteiger partial charge in [-0.15, -0.1) is 11.3 Å². The van der Waals surface area contributed by atoms with Crippen molar-refractivity contribution in [3.63, 3.8) is 0 Å². The molecule has 0 radical (unpaired) electrons. The van der Waals surface area contributed by atoms with Crippen LogP contribution in [0.25, 0.3) is 0 Å². The van der Waals surface area contributed by atoms with Gasteiger partial charge in [-0.3, -0.25) is 4.79 Å². The Morgan fingerprint density at radius 2 is 2.23 bits per heavy atom. The van der Waals surface area contributed by atoms with Crippen molar-refractivity contribution in [3.8, 4) is 5.75 Å². The van der Waals surface area contributed by atoms with E-state index in [1.54, 1.807) is 24.2 Å². The van der Waals surface area contributed by atoms with E-state index in [0.29, 0.717) is 28.9 Å². The highest BCUT2D eigenvalue weighted by atomic mass is 35.5. The molecular weight excluding hydrogens is 374 g/mol. The Kier molecular flexibility index (Phi) is 5.92. The second-order valence-electron chi connectivity index (χ2n) is 5.66. The molecule has 3 rings (SSSR count). The van der Waals surface area contributed by atoms with Crippen molar-refractivity contribution in [2.45, 2.75) is 20.3 Å². The van der Waals surface area contributed by atoms with Gasteiger partial charge in [-0.25, -0.2) is 4.68 Å². The maximum Gasteiger partial charge on any atom is 0.265 e. The third-order valence-electron chi connectivity index (χ3n) is 3.56. The van der Waals surface area contributed by atoms with Crippen molar-refractivity contribution in [2.75, 3.05) is 12.4 Å². The minimum absolute atomic E-state index is 0.180. The lowest BCUT2D eigenvalue weighted by atomic mass is 10.2. The molecule has 2 aromatic heterocycles. The lowest BCUT2D eigenvalue weighted by Gasteiger charge is -2.06. The standard InChI is InChI=1S/C18H18ClN3O3S/c1-12-5-15(3-4-16(12)19)25-9-13-6-17(26-10-13)18(23)21-14-7-20-22(8-14)11-24-2/h3-8,10H,9,11H2,1-2H3,(H,21,23). The van der Waals surface area contributed by atoms with Crippen LogP contribution in [-0.4, -0.2) is 22.8 Å². The van der Waals surface area contributed by atoms with Gasteiger partial charge < -0.3 is 14.8 Å². The average molecular weight is 392 g/mol. The molecule has 136 valence electrons. The molecule has 0 saturated heterocycles. The number of halogens is 1. The number of nitrogens with zero attached hydrogens (tertiary/aromatic N) is 2. The summed E-state index contributed by atoms with van der Waals surface area (Å²) in [7, 11) is 1.58. The monoisotopic (exact) mass is 391 g/mol. The molecule has 0 bridgehead atoms. The summed E-state index contributed by atoms with van der Waals surface area (Å²) in [6.07, 6.45) is 3.29. The number of aryl methyl sites for hydroxylation is 1. The predicted molar refractivity (Wildman–Crippen MR) is 102 cm³/mol. The van der Waals surface area contributed by atoms with Crippen LogP contribution >= 0.6 is 22.9 Å². The van der Waals surface area contributed by atoms with Crippen LogP contribution in [0.1, 0.15) is 20.8 Å². The van der Waals surface area contributed by atoms with E-state index in [1.165, 1.54) is 11.3 Å². The Bertz CT molecular complexity index is 907. The molecule has 0 aliphatic carbocycles. The number of thiophene rings is 1. The molecule has 1 N–H and O–H groups in total. The smallest absolute Gasteiger partial charge is 0.265 e. The molecule has 0 fully saturated rings. The minimum atomic E-state index is -0.180. The lowest BCUT2D eigenvalue weighted by Crippen LogP contribution is -2.09. The molecule has 0 aliphatic rings. The van der Waals surface area contributed by atoms with Gasteiger partial charge in [0.25, 0.3) is 5.91 Å². The molecule has 0 aliphatic heterocycles. The summed E-state index contributed by atoms with van der Waals surface area (Å²) in [6, 6.07) is 7.35. The van der Waals surface area contributed by atoms with Crippen molar-refractivity contribution < 1.29 is 14.3 Å². The highest BCUT2D eigenvalue weighted by molar-refractivity contribution is 7.12. The summed E-state index contributed by atoms with van der Waals surface area (Å²) in [4.78, 5) is 12.9. The number of amides is 1. The van der Waals surface area contributed by atoms with Gasteiger partial charge in [0.1, 0.15) is 19.1 Å². The maximum atomic E-state index is 12.3. The molecule has 2 heterocycles. The zero-order valence-corrected chi connectivity index (χ0v) is 15.9. The number of hydrogen-bond acceptors (Lipinski definition) is 5. The van der Waals surface area contributed by atoms with E-state index in [4.69, 9.17) is 21.1 Å². The van der Waals surface area contributed by atoms with Gasteiger partial charge in [0.05, 0.1) is 23.0 Å². The molecule has 26 heavy (non-hydrogen) atoms. The molecule has 3 aromatic rings. The fraction of sp³-hybridized carbons (Fsp3) is 0.222. The highest BCUT2D eigenvalue weighted by Crippen LogP contribution is 2.23. The van der Waals surface area contributed by atoms with Crippen molar-refractivity contribution in [3.05, 3.63) is 63.1 Å². The summed E-state index contributed by atoms with van der Waals surface area (Å²) in [6.45, 7) is 2.65. The van der Waals surface area contributed by atoms with Crippen LogP contribution in [0.4, 0.5) is 5.69 Å². The van der Waals surface area contributed by atoms with Crippen LogP contribution in [-0.2, 0) is 18.1 Å². The van der Waals surface area contributed by atoms with Gasteiger partial charge in [-0.05, 0) is 42.1 Å². The first-order chi connectivity index (χ1) is 12.5. The predicted octanol–water partition coefficient (Wildman–Crippen LogP) is 4.34. The first kappa shape index (κ1) is 18.4. The molecule has 1 amide bonds. The zero-order valence-electron chi connectivity index (χ0n) is 14.4. The second kappa shape index (κ2) is 8.35. The van der Waals surface area contributed by atoms with Gasteiger partial charge >= 0.3 is 0 Å². The number of rotatable bonds is 7. The summed E-state index contributed by atoms with van der Waals surface area (Å²) < 4.78 is 12.3. The normalized spacial score (nSPS) is 10.7. The van der Waals surface area contributed by atoms with Gasteiger partial charge in [-0.2, -0.15) is 5.10 Å². The molecule has 6 nitrogen and oxygen atoms in total.